The molecule has 0 unspecified atom stereocenters. The van der Waals surface area contributed by atoms with Gasteiger partial charge in [-0.25, -0.2) is 4.98 Å². The summed E-state index contributed by atoms with van der Waals surface area (Å²) in [4.78, 5) is 3.74. The molecule has 37 valence electrons. The fraction of sp³-hybridized carbons (Fsp3) is 0.400. The highest BCUT2D eigenvalue weighted by atomic mass is 16.3. The Labute approximate surface area is 42.2 Å². The van der Waals surface area contributed by atoms with E-state index in [-0.39, 0.29) is 0 Å². The zero-order valence-corrected chi connectivity index (χ0v) is 4.14. The van der Waals surface area contributed by atoms with Crippen molar-refractivity contribution in [3.63, 3.8) is 0 Å². The van der Waals surface area contributed by atoms with Gasteiger partial charge in [0.1, 0.15) is 6.26 Å². The van der Waals surface area contributed by atoms with Crippen molar-refractivity contribution in [2.45, 2.75) is 13.3 Å². The standard InChI is InChI=1S/C5H6NO/c1-2-5-3-7-4-6-5/h3H,2H2,1H3. The first-order valence-corrected chi connectivity index (χ1v) is 2.24. The Morgan fingerprint density at radius 3 is 3.14 bits per heavy atom. The number of oxazole rings is 1. The second-order valence-corrected chi connectivity index (χ2v) is 1.28. The van der Waals surface area contributed by atoms with Gasteiger partial charge in [0, 0.05) is 0 Å². The van der Waals surface area contributed by atoms with E-state index in [0.29, 0.717) is 0 Å². The number of rotatable bonds is 1. The molecule has 0 saturated carbocycles. The maximum Gasteiger partial charge on any atom is 0.283 e. The van der Waals surface area contributed by atoms with Crippen molar-refractivity contribution in [2.24, 2.45) is 0 Å². The maximum absolute atomic E-state index is 4.57. The summed E-state index contributed by atoms with van der Waals surface area (Å²) < 4.78 is 4.57. The smallest absolute Gasteiger partial charge is 0.283 e. The Morgan fingerprint density at radius 1 is 2.00 bits per heavy atom. The lowest BCUT2D eigenvalue weighted by molar-refractivity contribution is 0.546. The van der Waals surface area contributed by atoms with Crippen LogP contribution in [-0.4, -0.2) is 4.98 Å². The first-order valence-electron chi connectivity index (χ1n) is 2.24. The summed E-state index contributed by atoms with van der Waals surface area (Å²) >= 11 is 0. The van der Waals surface area contributed by atoms with E-state index in [4.69, 9.17) is 0 Å². The quantitative estimate of drug-likeness (QED) is 0.522. The number of hydrogen-bond acceptors (Lipinski definition) is 2. The summed E-state index contributed by atoms with van der Waals surface area (Å²) in [6, 6.07) is 0. The first kappa shape index (κ1) is 4.37. The molecule has 0 aliphatic heterocycles. The van der Waals surface area contributed by atoms with E-state index >= 15 is 0 Å². The van der Waals surface area contributed by atoms with Crippen LogP contribution in [0.3, 0.4) is 0 Å². The topological polar surface area (TPSA) is 26.0 Å². The van der Waals surface area contributed by atoms with Gasteiger partial charge in [-0.15, -0.1) is 0 Å². The van der Waals surface area contributed by atoms with Crippen LogP contribution in [0, 0.1) is 6.39 Å². The Hall–Kier alpha value is -0.790. The highest BCUT2D eigenvalue weighted by Gasteiger charge is 1.86. The number of aromatic nitrogens is 1. The summed E-state index contributed by atoms with van der Waals surface area (Å²) in [7, 11) is 0. The van der Waals surface area contributed by atoms with Crippen molar-refractivity contribution in [3.8, 4) is 0 Å². The number of nitrogens with zero attached hydrogens (tertiary/aromatic N) is 1. The summed E-state index contributed by atoms with van der Waals surface area (Å²) in [6.45, 7) is 2.02. The van der Waals surface area contributed by atoms with Gasteiger partial charge < -0.3 is 4.42 Å². The van der Waals surface area contributed by atoms with E-state index in [2.05, 4.69) is 15.8 Å². The number of aryl methyl sites for hydroxylation is 1. The maximum atomic E-state index is 4.57. The molecule has 2 heteroatoms. The van der Waals surface area contributed by atoms with Gasteiger partial charge in [0.25, 0.3) is 6.39 Å². The van der Waals surface area contributed by atoms with Crippen LogP contribution in [0.5, 0.6) is 0 Å². The summed E-state index contributed by atoms with van der Waals surface area (Å²) in [5.74, 6) is 0. The minimum atomic E-state index is 0.924. The molecule has 2 nitrogen and oxygen atoms in total. The molecule has 0 aliphatic rings. The fourth-order valence-corrected chi connectivity index (χ4v) is 0.368. The third-order valence-electron chi connectivity index (χ3n) is 0.799. The molecule has 0 fully saturated rings. The predicted octanol–water partition coefficient (Wildman–Crippen LogP) is 1.04. The summed E-state index contributed by atoms with van der Waals surface area (Å²) in [5.41, 5.74) is 0.958. The molecule has 1 aromatic rings. The molecule has 0 aliphatic carbocycles. The van der Waals surface area contributed by atoms with Gasteiger partial charge in [0.15, 0.2) is 0 Å². The molecule has 0 N–H and O–H groups in total. The van der Waals surface area contributed by atoms with E-state index in [1.54, 1.807) is 6.26 Å². The molecular weight excluding hydrogens is 90.1 g/mol. The summed E-state index contributed by atoms with van der Waals surface area (Å²) in [6.07, 6.45) is 4.88. The average Bonchev–Trinajstić information content (AvgIpc) is 2.14. The third kappa shape index (κ3) is 0.796. The minimum absolute atomic E-state index is 0.924. The Bertz CT molecular complexity index is 123. The van der Waals surface area contributed by atoms with Crippen LogP contribution >= 0.6 is 0 Å². The second kappa shape index (κ2) is 1.78. The van der Waals surface area contributed by atoms with Gasteiger partial charge in [-0.2, -0.15) is 0 Å². The molecule has 7 heavy (non-hydrogen) atoms. The van der Waals surface area contributed by atoms with Crippen LogP contribution in [0.1, 0.15) is 12.6 Å². The van der Waals surface area contributed by atoms with E-state index in [1.807, 2.05) is 6.92 Å². The Kier molecular flexibility index (Phi) is 1.11. The third-order valence-corrected chi connectivity index (χ3v) is 0.799. The Balaban J connectivity index is 2.76. The van der Waals surface area contributed by atoms with Crippen LogP contribution in [0.4, 0.5) is 0 Å². The largest absolute Gasteiger partial charge is 0.441 e. The van der Waals surface area contributed by atoms with Gasteiger partial charge in [-0.3, -0.25) is 0 Å². The first-order chi connectivity index (χ1) is 3.43. The van der Waals surface area contributed by atoms with Crippen LogP contribution in [-0.2, 0) is 6.42 Å². The van der Waals surface area contributed by atoms with E-state index in [0.717, 1.165) is 12.1 Å². The Morgan fingerprint density at radius 2 is 2.86 bits per heavy atom. The number of hydrogen-bond donors (Lipinski definition) is 0. The van der Waals surface area contributed by atoms with Gasteiger partial charge in [-0.1, -0.05) is 6.92 Å². The SMILES string of the molecule is CCc1co[c]n1. The molecule has 0 saturated heterocycles. The molecule has 0 spiro atoms. The van der Waals surface area contributed by atoms with Crippen LogP contribution in [0.25, 0.3) is 0 Å². The lowest BCUT2D eigenvalue weighted by Gasteiger charge is -1.74. The second-order valence-electron chi connectivity index (χ2n) is 1.28. The average molecular weight is 96.1 g/mol. The molecule has 1 rings (SSSR count). The van der Waals surface area contributed by atoms with Crippen molar-refractivity contribution in [3.05, 3.63) is 18.4 Å². The van der Waals surface area contributed by atoms with E-state index in [9.17, 15) is 0 Å². The van der Waals surface area contributed by atoms with Crippen molar-refractivity contribution >= 4 is 0 Å². The van der Waals surface area contributed by atoms with Crippen molar-refractivity contribution in [2.75, 3.05) is 0 Å². The molecular formula is C5H6NO. The molecule has 0 aromatic carbocycles. The molecule has 0 atom stereocenters. The van der Waals surface area contributed by atoms with E-state index in [1.165, 1.54) is 0 Å². The highest BCUT2D eigenvalue weighted by Crippen LogP contribution is 1.91. The summed E-state index contributed by atoms with van der Waals surface area (Å²) in [5, 5.41) is 0. The lowest BCUT2D eigenvalue weighted by Crippen LogP contribution is -1.73. The molecule has 0 amide bonds. The zero-order valence-electron chi connectivity index (χ0n) is 4.14. The molecule has 0 bridgehead atoms. The molecule has 1 radical (unpaired) electrons. The monoisotopic (exact) mass is 96.0 g/mol. The highest BCUT2D eigenvalue weighted by molar-refractivity contribution is 4.87. The fourth-order valence-electron chi connectivity index (χ4n) is 0.368. The van der Waals surface area contributed by atoms with Crippen molar-refractivity contribution in [1.82, 2.24) is 4.98 Å². The van der Waals surface area contributed by atoms with Gasteiger partial charge in [0.05, 0.1) is 5.69 Å². The van der Waals surface area contributed by atoms with Crippen LogP contribution < -0.4 is 0 Å². The van der Waals surface area contributed by atoms with Crippen LogP contribution in [0.15, 0.2) is 10.7 Å². The normalized spacial score (nSPS) is 9.29. The molecule has 1 heterocycles. The van der Waals surface area contributed by atoms with Crippen molar-refractivity contribution in [1.29, 1.82) is 0 Å². The van der Waals surface area contributed by atoms with Gasteiger partial charge in [0.2, 0.25) is 0 Å². The predicted molar refractivity (Wildman–Crippen MR) is 24.7 cm³/mol. The van der Waals surface area contributed by atoms with E-state index < -0.39 is 0 Å². The molecule has 1 aromatic heterocycles. The van der Waals surface area contributed by atoms with Gasteiger partial charge in [-0.05, 0) is 6.42 Å². The van der Waals surface area contributed by atoms with Crippen molar-refractivity contribution < 1.29 is 4.42 Å². The van der Waals surface area contributed by atoms with Crippen LogP contribution in [0.2, 0.25) is 0 Å². The minimum Gasteiger partial charge on any atom is -0.441 e. The lowest BCUT2D eigenvalue weighted by atomic mass is 10.4. The van der Waals surface area contributed by atoms with Gasteiger partial charge >= 0.3 is 0 Å². The zero-order chi connectivity index (χ0) is 5.11.